The highest BCUT2D eigenvalue weighted by Crippen LogP contribution is 2.09. The monoisotopic (exact) mass is 262 g/mol. The van der Waals surface area contributed by atoms with Crippen LogP contribution in [0, 0.1) is 0 Å². The van der Waals surface area contributed by atoms with Crippen molar-refractivity contribution in [3.63, 3.8) is 0 Å². The second kappa shape index (κ2) is 6.70. The molecule has 2 heterocycles. The van der Waals surface area contributed by atoms with Gasteiger partial charge in [0.1, 0.15) is 12.7 Å². The second-order valence-corrected chi connectivity index (χ2v) is 4.63. The van der Waals surface area contributed by atoms with Crippen molar-refractivity contribution in [1.82, 2.24) is 20.1 Å². The molecule has 0 atom stereocenters. The molecular weight excluding hydrogens is 248 g/mol. The Balaban J connectivity index is 1.63. The predicted molar refractivity (Wildman–Crippen MR) is 71.0 cm³/mol. The number of aromatic nitrogens is 3. The largest absolute Gasteiger partial charge is 0.352 e. The fourth-order valence-electron chi connectivity index (χ4n) is 1.40. The van der Waals surface area contributed by atoms with Gasteiger partial charge in [0.15, 0.2) is 0 Å². The second-order valence-electron chi connectivity index (χ2n) is 3.65. The molecule has 94 valence electrons. The first-order valence-electron chi connectivity index (χ1n) is 5.66. The van der Waals surface area contributed by atoms with Gasteiger partial charge in [0.2, 0.25) is 5.91 Å². The van der Waals surface area contributed by atoms with Gasteiger partial charge in [-0.3, -0.25) is 9.48 Å². The van der Waals surface area contributed by atoms with Crippen molar-refractivity contribution < 1.29 is 4.79 Å². The van der Waals surface area contributed by atoms with Crippen LogP contribution in [0.5, 0.6) is 0 Å². The summed E-state index contributed by atoms with van der Waals surface area (Å²) in [6.07, 6.45) is 7.38. The average Bonchev–Trinajstić information content (AvgIpc) is 3.04. The molecule has 1 N–H and O–H groups in total. The molecule has 0 bridgehead atoms. The van der Waals surface area contributed by atoms with E-state index in [1.54, 1.807) is 28.4 Å². The van der Waals surface area contributed by atoms with E-state index >= 15 is 0 Å². The SMILES string of the molecule is O=C(C=Cc1cccs1)NCCCn1cncn1. The van der Waals surface area contributed by atoms with E-state index in [4.69, 9.17) is 0 Å². The van der Waals surface area contributed by atoms with E-state index in [2.05, 4.69) is 15.4 Å². The molecule has 0 aliphatic rings. The smallest absolute Gasteiger partial charge is 0.244 e. The van der Waals surface area contributed by atoms with E-state index < -0.39 is 0 Å². The van der Waals surface area contributed by atoms with Crippen LogP contribution in [0.15, 0.2) is 36.2 Å². The number of nitrogens with one attached hydrogen (secondary N) is 1. The number of aryl methyl sites for hydroxylation is 1. The summed E-state index contributed by atoms with van der Waals surface area (Å²) < 4.78 is 1.74. The van der Waals surface area contributed by atoms with Crippen LogP contribution in [0.1, 0.15) is 11.3 Å². The van der Waals surface area contributed by atoms with Gasteiger partial charge in [0, 0.05) is 24.0 Å². The molecule has 0 aliphatic heterocycles. The molecular formula is C12H14N4OS. The Labute approximate surface area is 109 Å². The van der Waals surface area contributed by atoms with Crippen molar-refractivity contribution in [3.8, 4) is 0 Å². The first-order valence-corrected chi connectivity index (χ1v) is 6.54. The summed E-state index contributed by atoms with van der Waals surface area (Å²) in [5.74, 6) is -0.0676. The fraction of sp³-hybridized carbons (Fsp3) is 0.250. The number of hydrogen-bond donors (Lipinski definition) is 1. The van der Waals surface area contributed by atoms with Crippen molar-refractivity contribution in [2.24, 2.45) is 0 Å². The Bertz CT molecular complexity index is 490. The maximum atomic E-state index is 11.5. The van der Waals surface area contributed by atoms with E-state index in [9.17, 15) is 4.79 Å². The quantitative estimate of drug-likeness (QED) is 0.635. The Hall–Kier alpha value is -1.95. The van der Waals surface area contributed by atoms with Gasteiger partial charge in [-0.25, -0.2) is 4.98 Å². The van der Waals surface area contributed by atoms with Crippen LogP contribution < -0.4 is 5.32 Å². The zero-order valence-electron chi connectivity index (χ0n) is 9.82. The molecule has 2 aromatic heterocycles. The third-order valence-corrected chi connectivity index (χ3v) is 3.11. The zero-order chi connectivity index (χ0) is 12.6. The molecule has 0 saturated carbocycles. The molecule has 0 aromatic carbocycles. The van der Waals surface area contributed by atoms with Crippen molar-refractivity contribution >= 4 is 23.3 Å². The average molecular weight is 262 g/mol. The van der Waals surface area contributed by atoms with Crippen molar-refractivity contribution in [2.45, 2.75) is 13.0 Å². The minimum Gasteiger partial charge on any atom is -0.352 e. The van der Waals surface area contributed by atoms with E-state index in [1.165, 1.54) is 6.33 Å². The van der Waals surface area contributed by atoms with E-state index in [-0.39, 0.29) is 5.91 Å². The highest BCUT2D eigenvalue weighted by atomic mass is 32.1. The molecule has 0 aliphatic carbocycles. The lowest BCUT2D eigenvalue weighted by atomic mass is 10.4. The number of rotatable bonds is 6. The van der Waals surface area contributed by atoms with Gasteiger partial charge in [-0.2, -0.15) is 5.10 Å². The van der Waals surface area contributed by atoms with Gasteiger partial charge in [0.25, 0.3) is 0 Å². The normalized spacial score (nSPS) is 10.9. The summed E-state index contributed by atoms with van der Waals surface area (Å²) in [5, 5.41) is 8.79. The summed E-state index contributed by atoms with van der Waals surface area (Å²) in [7, 11) is 0. The number of nitrogens with zero attached hydrogens (tertiary/aromatic N) is 3. The van der Waals surface area contributed by atoms with Gasteiger partial charge in [-0.15, -0.1) is 11.3 Å². The lowest BCUT2D eigenvalue weighted by molar-refractivity contribution is -0.116. The van der Waals surface area contributed by atoms with Crippen LogP contribution in [0.2, 0.25) is 0 Å². The minimum atomic E-state index is -0.0676. The lowest BCUT2D eigenvalue weighted by Gasteiger charge is -2.01. The summed E-state index contributed by atoms with van der Waals surface area (Å²) in [6, 6.07) is 3.93. The Morgan fingerprint density at radius 2 is 2.50 bits per heavy atom. The number of carbonyl (C=O) groups is 1. The van der Waals surface area contributed by atoms with Gasteiger partial charge >= 0.3 is 0 Å². The Morgan fingerprint density at radius 1 is 1.56 bits per heavy atom. The third kappa shape index (κ3) is 4.14. The van der Waals surface area contributed by atoms with Gasteiger partial charge < -0.3 is 5.32 Å². The molecule has 5 nitrogen and oxygen atoms in total. The van der Waals surface area contributed by atoms with Crippen LogP contribution in [0.3, 0.4) is 0 Å². The molecule has 6 heteroatoms. The molecule has 0 spiro atoms. The lowest BCUT2D eigenvalue weighted by Crippen LogP contribution is -2.23. The van der Waals surface area contributed by atoms with E-state index in [0.717, 1.165) is 17.8 Å². The van der Waals surface area contributed by atoms with Crippen LogP contribution in [-0.2, 0) is 11.3 Å². The van der Waals surface area contributed by atoms with Crippen LogP contribution in [0.4, 0.5) is 0 Å². The van der Waals surface area contributed by atoms with Crippen molar-refractivity contribution in [2.75, 3.05) is 6.54 Å². The number of hydrogen-bond acceptors (Lipinski definition) is 4. The fourth-order valence-corrected chi connectivity index (χ4v) is 2.02. The molecule has 2 rings (SSSR count). The van der Waals surface area contributed by atoms with Crippen molar-refractivity contribution in [1.29, 1.82) is 0 Å². The molecule has 2 aromatic rings. The first-order chi connectivity index (χ1) is 8.84. The maximum absolute atomic E-state index is 11.5. The van der Waals surface area contributed by atoms with E-state index in [1.807, 2.05) is 23.6 Å². The van der Waals surface area contributed by atoms with Crippen LogP contribution in [0.25, 0.3) is 6.08 Å². The Morgan fingerprint density at radius 3 is 3.22 bits per heavy atom. The predicted octanol–water partition coefficient (Wildman–Crippen LogP) is 1.56. The van der Waals surface area contributed by atoms with Crippen molar-refractivity contribution in [3.05, 3.63) is 41.1 Å². The number of carbonyl (C=O) groups excluding carboxylic acids is 1. The summed E-state index contributed by atoms with van der Waals surface area (Å²) in [6.45, 7) is 1.39. The third-order valence-electron chi connectivity index (χ3n) is 2.27. The molecule has 1 amide bonds. The molecule has 0 radical (unpaired) electrons. The number of thiophene rings is 1. The number of amides is 1. The standard InChI is InChI=1S/C12H14N4OS/c17-12(5-4-11-3-1-8-18-11)14-6-2-7-16-10-13-9-15-16/h1,3-5,8-10H,2,6-7H2,(H,14,17). The zero-order valence-corrected chi connectivity index (χ0v) is 10.6. The summed E-state index contributed by atoms with van der Waals surface area (Å²) in [5.41, 5.74) is 0. The summed E-state index contributed by atoms with van der Waals surface area (Å²) >= 11 is 1.61. The van der Waals surface area contributed by atoms with Crippen LogP contribution >= 0.6 is 11.3 Å². The van der Waals surface area contributed by atoms with Gasteiger partial charge in [-0.1, -0.05) is 6.07 Å². The highest BCUT2D eigenvalue weighted by molar-refractivity contribution is 7.10. The van der Waals surface area contributed by atoms with Gasteiger partial charge in [0.05, 0.1) is 0 Å². The molecule has 0 unspecified atom stereocenters. The highest BCUT2D eigenvalue weighted by Gasteiger charge is 1.96. The summed E-state index contributed by atoms with van der Waals surface area (Å²) in [4.78, 5) is 16.4. The van der Waals surface area contributed by atoms with E-state index in [0.29, 0.717) is 6.54 Å². The Kier molecular flexibility index (Phi) is 4.66. The minimum absolute atomic E-state index is 0.0676. The van der Waals surface area contributed by atoms with Crippen LogP contribution in [-0.4, -0.2) is 27.2 Å². The maximum Gasteiger partial charge on any atom is 0.244 e. The van der Waals surface area contributed by atoms with Gasteiger partial charge in [-0.05, 0) is 23.9 Å². The molecule has 0 fully saturated rings. The topological polar surface area (TPSA) is 59.8 Å². The molecule has 0 saturated heterocycles. The first kappa shape index (κ1) is 12.5. The molecule has 18 heavy (non-hydrogen) atoms.